The fourth-order valence-corrected chi connectivity index (χ4v) is 10.5. The molecule has 84 heavy (non-hydrogen) atoms. The first-order chi connectivity index (χ1) is 39.8. The summed E-state index contributed by atoms with van der Waals surface area (Å²) in [4.78, 5) is 69.7. The quantitative estimate of drug-likeness (QED) is 0.0190. The van der Waals surface area contributed by atoms with Crippen molar-refractivity contribution in [1.29, 1.82) is 0 Å². The van der Waals surface area contributed by atoms with Gasteiger partial charge in [0.25, 0.3) is 17.6 Å². The van der Waals surface area contributed by atoms with Crippen molar-refractivity contribution >= 4 is 75.3 Å². The predicted molar refractivity (Wildman–Crippen MR) is 324 cm³/mol. The number of Topliss-reactive ketones (excluding diaryl/α,β-unsaturated/α-hetero) is 1. The van der Waals surface area contributed by atoms with Gasteiger partial charge in [-0.25, -0.2) is 9.97 Å². The molecule has 22 nitrogen and oxygen atoms in total. The molecule has 0 unspecified atom stereocenters. The highest BCUT2D eigenvalue weighted by Gasteiger charge is 2.50. The van der Waals surface area contributed by atoms with Crippen LogP contribution >= 0.6 is 12.2 Å². The molecule has 1 saturated heterocycles. The molecule has 6 heterocycles. The number of benzene rings is 3. The van der Waals surface area contributed by atoms with Crippen LogP contribution in [0.4, 0.5) is 11.4 Å². The van der Waals surface area contributed by atoms with Crippen molar-refractivity contribution in [2.75, 3.05) is 57.1 Å². The lowest BCUT2D eigenvalue weighted by Gasteiger charge is -2.38. The lowest BCUT2D eigenvalue weighted by atomic mass is 9.78. The number of rotatable bonds is 7. The molecule has 0 aliphatic carbocycles. The van der Waals surface area contributed by atoms with Crippen LogP contribution in [0.2, 0.25) is 0 Å². The number of carbonyl (C=O) groups excluding carboxylic acids is 4. The predicted octanol–water partition coefficient (Wildman–Crippen LogP) is 8.27. The van der Waals surface area contributed by atoms with Crippen LogP contribution in [0.5, 0.6) is 23.0 Å². The number of aromatic hydroxyl groups is 3. The molecule has 2 aromatic heterocycles. The number of phenols is 3. The molecule has 0 saturated carbocycles. The van der Waals surface area contributed by atoms with E-state index in [0.29, 0.717) is 24.3 Å². The Morgan fingerprint density at radius 2 is 1.61 bits per heavy atom. The van der Waals surface area contributed by atoms with Crippen molar-refractivity contribution in [3.8, 4) is 23.0 Å². The molecule has 3 aromatic carbocycles. The number of ether oxygens (including phenoxy) is 4. The van der Waals surface area contributed by atoms with Gasteiger partial charge in [-0.2, -0.15) is 5.10 Å². The van der Waals surface area contributed by atoms with Gasteiger partial charge in [0, 0.05) is 99.6 Å². The minimum Gasteiger partial charge on any atom is -0.507 e. The number of anilines is 2. The molecule has 5 aromatic rings. The number of hydrogen-bond acceptors (Lipinski definition) is 19. The molecule has 2 amide bonds. The molecule has 8 N–H and O–H groups in total. The van der Waals surface area contributed by atoms with Gasteiger partial charge in [0.05, 0.1) is 65.6 Å². The number of H-pyrrole nitrogens is 2. The number of carbonyl (C=O) groups is 4. The molecule has 23 heteroatoms. The summed E-state index contributed by atoms with van der Waals surface area (Å²) in [5, 5.41) is 66.8. The number of piperazine rings is 1. The fraction of sp³-hybridized carbons (Fsp3) is 0.443. The fourth-order valence-electron chi connectivity index (χ4n) is 10.3. The van der Waals surface area contributed by atoms with E-state index >= 15 is 0 Å². The zero-order valence-electron chi connectivity index (χ0n) is 49.8. The highest BCUT2D eigenvalue weighted by Crippen LogP contribution is 2.55. The number of phenolic OH excluding ortho intramolecular Hbond substituents is 3. The number of nitrogens with zero attached hydrogens (tertiary/aromatic N) is 6. The second kappa shape index (κ2) is 28.5. The number of esters is 1. The minimum absolute atomic E-state index is 0.0364. The van der Waals surface area contributed by atoms with Crippen molar-refractivity contribution in [2.24, 2.45) is 28.8 Å². The Bertz CT molecular complexity index is 3420. The number of aliphatic hydroxyl groups is 2. The molecule has 5 bridgehead atoms. The summed E-state index contributed by atoms with van der Waals surface area (Å²) in [5.41, 5.74) is 3.30. The molecule has 4 aliphatic heterocycles. The average molecular weight is 1180 g/mol. The number of imidazole rings is 1. The van der Waals surface area contributed by atoms with E-state index in [4.69, 9.17) is 31.2 Å². The van der Waals surface area contributed by atoms with Gasteiger partial charge < -0.3 is 69.6 Å². The number of aromatic amines is 2. The zero-order chi connectivity index (χ0) is 61.9. The smallest absolute Gasteiger partial charge is 0.312 e. The Morgan fingerprint density at radius 1 is 0.929 bits per heavy atom. The van der Waals surface area contributed by atoms with Crippen molar-refractivity contribution in [3.63, 3.8) is 0 Å². The van der Waals surface area contributed by atoms with Crippen LogP contribution in [0.1, 0.15) is 89.4 Å². The summed E-state index contributed by atoms with van der Waals surface area (Å²) in [6.45, 7) is 21.6. The number of para-hydroxylation sites is 1. The van der Waals surface area contributed by atoms with Gasteiger partial charge in [0.2, 0.25) is 0 Å². The van der Waals surface area contributed by atoms with E-state index in [1.165, 1.54) is 65.8 Å². The summed E-state index contributed by atoms with van der Waals surface area (Å²) in [5.74, 6) is -8.31. The summed E-state index contributed by atoms with van der Waals surface area (Å²) < 4.78 is 24.1. The van der Waals surface area contributed by atoms with Gasteiger partial charge in [-0.05, 0) is 65.4 Å². The first kappa shape index (κ1) is 65.2. The lowest BCUT2D eigenvalue weighted by Crippen LogP contribution is -2.46. The maximum Gasteiger partial charge on any atom is 0.312 e. The SMILES string of the molecule is C/C=C/C(=O)N(CC)c1ccccc1C.CO[C@H]1/C=C/O[C@@]2(C)Oc3c(C)c(O)c4c(O)c(c(/C=N/N5CCN(C)CC5)c(O)c4c3C2=O)NC(=O)/C(C)=C\C=C\[C@H](C)[C@H](O)[C@@H](C)[C@@H](O)[C@@H](C)[C@H](OC(C)=O)[C@@H]1C.S=c1nc[nH]c2nc[nH]c12. The number of allylic oxidation sites excluding steroid dienone is 3. The van der Waals surface area contributed by atoms with E-state index in [2.05, 4.69) is 35.3 Å². The Balaban J connectivity index is 0.000000367. The first-order valence-electron chi connectivity index (χ1n) is 27.7. The third kappa shape index (κ3) is 14.5. The van der Waals surface area contributed by atoms with Crippen molar-refractivity contribution in [3.05, 3.63) is 112 Å². The lowest BCUT2D eigenvalue weighted by molar-refractivity contribution is -0.160. The molecule has 9 atom stereocenters. The summed E-state index contributed by atoms with van der Waals surface area (Å²) in [6, 6.07) is 7.92. The van der Waals surface area contributed by atoms with Crippen LogP contribution in [-0.4, -0.2) is 162 Å². The van der Waals surface area contributed by atoms with Crippen LogP contribution in [0.15, 0.2) is 90.3 Å². The normalized spacial score (nSPS) is 25.7. The Kier molecular flexibility index (Phi) is 22.2. The van der Waals surface area contributed by atoms with E-state index < -0.39 is 88.8 Å². The van der Waals surface area contributed by atoms with Gasteiger partial charge in [0.15, 0.2) is 16.0 Å². The number of hydrazone groups is 1. The number of likely N-dealkylation sites (N-methyl/N-ethyl adjacent to an activating group) is 2. The highest BCUT2D eigenvalue weighted by atomic mass is 32.1. The van der Waals surface area contributed by atoms with Crippen LogP contribution in [-0.2, 0) is 28.6 Å². The summed E-state index contributed by atoms with van der Waals surface area (Å²) in [6.07, 6.45) is 11.3. The van der Waals surface area contributed by atoms with Crippen LogP contribution in [0, 0.1) is 42.2 Å². The number of hydrogen-bond donors (Lipinski definition) is 8. The molecule has 9 rings (SSSR count). The molecular weight excluding hydrogens is 1100 g/mol. The average Bonchev–Trinajstić information content (AvgIpc) is 1.51. The number of methoxy groups -OCH3 is 1. The van der Waals surface area contributed by atoms with Gasteiger partial charge in [-0.1, -0.05) is 82.4 Å². The van der Waals surface area contributed by atoms with E-state index in [9.17, 15) is 44.7 Å². The van der Waals surface area contributed by atoms with Crippen molar-refractivity contribution in [1.82, 2.24) is 29.8 Å². The Hall–Kier alpha value is -7.96. The van der Waals surface area contributed by atoms with Gasteiger partial charge in [-0.15, -0.1) is 0 Å². The van der Waals surface area contributed by atoms with Crippen molar-refractivity contribution < 1.29 is 63.7 Å². The Labute approximate surface area is 494 Å². The number of aliphatic hydroxyl groups excluding tert-OH is 2. The van der Waals surface area contributed by atoms with Crippen molar-refractivity contribution in [2.45, 2.75) is 106 Å². The van der Waals surface area contributed by atoms with E-state index in [1.54, 1.807) is 68.2 Å². The Morgan fingerprint density at radius 3 is 2.24 bits per heavy atom. The van der Waals surface area contributed by atoms with Gasteiger partial charge in [-0.3, -0.25) is 24.2 Å². The monoisotopic (exact) mass is 1180 g/mol. The second-order valence-electron chi connectivity index (χ2n) is 21.3. The zero-order valence-corrected chi connectivity index (χ0v) is 50.6. The van der Waals surface area contributed by atoms with E-state index in [1.807, 2.05) is 52.1 Å². The molecule has 4 aliphatic rings. The number of amides is 2. The summed E-state index contributed by atoms with van der Waals surface area (Å²) in [7, 11) is 3.42. The van der Waals surface area contributed by atoms with Gasteiger partial charge in [0.1, 0.15) is 28.9 Å². The molecule has 0 spiro atoms. The molecule has 0 radical (unpaired) electrons. The van der Waals surface area contributed by atoms with E-state index in [-0.39, 0.29) is 50.4 Å². The number of nitrogens with one attached hydrogen (secondary N) is 3. The third-order valence-corrected chi connectivity index (χ3v) is 15.7. The third-order valence-electron chi connectivity index (χ3n) is 15.4. The standard InChI is InChI=1S/C43H58N4O12.C13H17NO.C5H4N4S/c1-21-12-11-13-22(2)42(55)45-33-28(20-44-47-17-15-46(9)16-18-47)37(52)30-31(38(33)53)36(51)26(6)40-32(30)41(54)43(8,59-40)57-19-14-29(56-10)23(3)39(58-27(7)48)25(5)35(50)24(4)34(21)49;1-4-8-13(15)14(5-2)12-10-7-6-9-11(12)3;10-5-3-4(7-1-6-3)8-2-9-5/h11-14,19-21,23-25,29,34-35,39,49-53H,15-18H2,1-10H3,(H,45,55);4,6-10H,5H2,1-3H3;1-2H,(H2,6,7,8,9,10)/b12-11+,19-14+,22-13-,44-20+;8-4+;/t21-,23+,24+,25+,29-,34-,35+,39+,43-;;/m0../s1. The number of aryl methyl sites for hydroxylation is 1. The molecule has 1 fully saturated rings. The van der Waals surface area contributed by atoms with Crippen LogP contribution in [0.3, 0.4) is 0 Å². The topological polar surface area (TPSA) is 298 Å². The maximum absolute atomic E-state index is 14.4. The van der Waals surface area contributed by atoms with Crippen LogP contribution < -0.4 is 15.0 Å². The maximum atomic E-state index is 14.4. The summed E-state index contributed by atoms with van der Waals surface area (Å²) >= 11 is 4.91. The number of ketones is 1. The van der Waals surface area contributed by atoms with E-state index in [0.717, 1.165) is 35.5 Å². The largest absolute Gasteiger partial charge is 0.507 e. The minimum atomic E-state index is -2.04. The van der Waals surface area contributed by atoms with Crippen LogP contribution in [0.25, 0.3) is 21.9 Å². The molecule has 452 valence electrons. The first-order valence-corrected chi connectivity index (χ1v) is 28.1. The number of aromatic nitrogens is 4. The molecular formula is C61H79N9O13S. The number of fused-ring (bicyclic) bond motifs is 15. The van der Waals surface area contributed by atoms with Gasteiger partial charge >= 0.3 is 11.8 Å². The highest BCUT2D eigenvalue weighted by molar-refractivity contribution is 7.71. The second-order valence-corrected chi connectivity index (χ2v) is 21.7.